The summed E-state index contributed by atoms with van der Waals surface area (Å²) in [5.74, 6) is 0.00287. The van der Waals surface area contributed by atoms with Gasteiger partial charge in [0.05, 0.1) is 0 Å². The topological polar surface area (TPSA) is 43.1 Å². The van der Waals surface area contributed by atoms with Crippen molar-refractivity contribution in [3.8, 4) is 0 Å². The van der Waals surface area contributed by atoms with E-state index in [1.54, 1.807) is 12.1 Å². The second-order valence-electron chi connectivity index (χ2n) is 2.74. The molecule has 1 rings (SSSR count). The van der Waals surface area contributed by atoms with Crippen LogP contribution in [0.3, 0.4) is 0 Å². The molecule has 0 atom stereocenters. The maximum atomic E-state index is 11.0. The zero-order valence-corrected chi connectivity index (χ0v) is 8.60. The molecular formula is C9H10BrNO. The van der Waals surface area contributed by atoms with Crippen LogP contribution in [0.2, 0.25) is 0 Å². The van der Waals surface area contributed by atoms with Crippen LogP contribution in [0, 0.1) is 6.92 Å². The van der Waals surface area contributed by atoms with Crippen LogP contribution in [0.15, 0.2) is 16.6 Å². The first-order valence-electron chi connectivity index (χ1n) is 3.59. The van der Waals surface area contributed by atoms with Gasteiger partial charge < -0.3 is 5.73 Å². The molecule has 0 radical (unpaired) electrons. The van der Waals surface area contributed by atoms with E-state index in [-0.39, 0.29) is 5.78 Å². The van der Waals surface area contributed by atoms with Crippen LogP contribution in [0.1, 0.15) is 22.8 Å². The summed E-state index contributed by atoms with van der Waals surface area (Å²) in [6, 6.07) is 3.55. The Hall–Kier alpha value is -0.830. The van der Waals surface area contributed by atoms with Crippen LogP contribution < -0.4 is 5.73 Å². The van der Waals surface area contributed by atoms with Crippen molar-refractivity contribution in [1.29, 1.82) is 0 Å². The van der Waals surface area contributed by atoms with Gasteiger partial charge in [-0.1, -0.05) is 15.9 Å². The second-order valence-corrected chi connectivity index (χ2v) is 3.60. The molecule has 1 aromatic carbocycles. The van der Waals surface area contributed by atoms with E-state index in [4.69, 9.17) is 5.73 Å². The van der Waals surface area contributed by atoms with E-state index in [9.17, 15) is 4.79 Å². The Morgan fingerprint density at radius 3 is 2.58 bits per heavy atom. The Morgan fingerprint density at radius 1 is 1.50 bits per heavy atom. The van der Waals surface area contributed by atoms with Crippen molar-refractivity contribution in [2.24, 2.45) is 0 Å². The number of halogens is 1. The molecule has 2 N–H and O–H groups in total. The van der Waals surface area contributed by atoms with E-state index in [1.807, 2.05) is 6.92 Å². The predicted octanol–water partition coefficient (Wildman–Crippen LogP) is 2.54. The van der Waals surface area contributed by atoms with Gasteiger partial charge in [-0.3, -0.25) is 4.79 Å². The van der Waals surface area contributed by atoms with Crippen molar-refractivity contribution < 1.29 is 4.79 Å². The molecule has 0 unspecified atom stereocenters. The summed E-state index contributed by atoms with van der Waals surface area (Å²) in [6.45, 7) is 3.44. The average molecular weight is 228 g/mol. The molecule has 0 heterocycles. The van der Waals surface area contributed by atoms with E-state index in [2.05, 4.69) is 15.9 Å². The first-order valence-corrected chi connectivity index (χ1v) is 4.38. The maximum Gasteiger partial charge on any atom is 0.161 e. The first-order chi connectivity index (χ1) is 5.52. The number of Topliss-reactive ketones (excluding diaryl/α,β-unsaturated/α-hetero) is 1. The van der Waals surface area contributed by atoms with Crippen LogP contribution in [0.25, 0.3) is 0 Å². The number of nitrogen functional groups attached to an aromatic ring is 1. The van der Waals surface area contributed by atoms with Crippen LogP contribution in [-0.2, 0) is 0 Å². The molecule has 1 aromatic rings. The summed E-state index contributed by atoms with van der Waals surface area (Å²) in [7, 11) is 0. The minimum Gasteiger partial charge on any atom is -0.398 e. The lowest BCUT2D eigenvalue weighted by molar-refractivity contribution is 0.101. The van der Waals surface area contributed by atoms with Crippen LogP contribution >= 0.6 is 15.9 Å². The molecule has 64 valence electrons. The number of benzene rings is 1. The van der Waals surface area contributed by atoms with Gasteiger partial charge in [-0.15, -0.1) is 0 Å². The number of carbonyl (C=O) groups excluding carboxylic acids is 1. The Labute approximate surface area is 79.9 Å². The summed E-state index contributed by atoms with van der Waals surface area (Å²) in [6.07, 6.45) is 0. The molecule has 0 fully saturated rings. The van der Waals surface area contributed by atoms with Crippen molar-refractivity contribution in [3.63, 3.8) is 0 Å². The smallest absolute Gasteiger partial charge is 0.161 e. The van der Waals surface area contributed by atoms with E-state index in [0.717, 1.165) is 10.0 Å². The monoisotopic (exact) mass is 227 g/mol. The highest BCUT2D eigenvalue weighted by atomic mass is 79.9. The van der Waals surface area contributed by atoms with Gasteiger partial charge in [0.25, 0.3) is 0 Å². The predicted molar refractivity (Wildman–Crippen MR) is 53.3 cm³/mol. The summed E-state index contributed by atoms with van der Waals surface area (Å²) < 4.78 is 0.935. The van der Waals surface area contributed by atoms with Gasteiger partial charge in [-0.2, -0.15) is 0 Å². The fourth-order valence-corrected chi connectivity index (χ4v) is 1.36. The molecule has 0 aliphatic rings. The standard InChI is InChI=1S/C9H10BrNO/c1-5-3-7(6(2)12)9(11)4-8(5)10/h3-4H,11H2,1-2H3. The third-order valence-corrected chi connectivity index (χ3v) is 2.56. The van der Waals surface area contributed by atoms with Gasteiger partial charge in [0.15, 0.2) is 5.78 Å². The number of hydrogen-bond donors (Lipinski definition) is 1. The highest BCUT2D eigenvalue weighted by molar-refractivity contribution is 9.10. The lowest BCUT2D eigenvalue weighted by Gasteiger charge is -2.04. The van der Waals surface area contributed by atoms with Gasteiger partial charge in [-0.05, 0) is 31.5 Å². The third-order valence-electron chi connectivity index (χ3n) is 1.71. The highest BCUT2D eigenvalue weighted by Gasteiger charge is 2.06. The largest absolute Gasteiger partial charge is 0.398 e. The Bertz CT molecular complexity index is 334. The normalized spacial score (nSPS) is 9.92. The van der Waals surface area contributed by atoms with Gasteiger partial charge in [0.1, 0.15) is 0 Å². The van der Waals surface area contributed by atoms with Crippen LogP contribution in [0.4, 0.5) is 5.69 Å². The highest BCUT2D eigenvalue weighted by Crippen LogP contribution is 2.23. The van der Waals surface area contributed by atoms with Crippen molar-refractivity contribution in [2.75, 3.05) is 5.73 Å². The maximum absolute atomic E-state index is 11.0. The Morgan fingerprint density at radius 2 is 2.08 bits per heavy atom. The Kier molecular flexibility index (Phi) is 2.52. The number of rotatable bonds is 1. The van der Waals surface area contributed by atoms with Crippen molar-refractivity contribution in [1.82, 2.24) is 0 Å². The van der Waals surface area contributed by atoms with E-state index >= 15 is 0 Å². The molecule has 2 nitrogen and oxygen atoms in total. The minimum absolute atomic E-state index is 0.00287. The molecule has 0 aliphatic carbocycles. The number of ketones is 1. The third kappa shape index (κ3) is 1.67. The van der Waals surface area contributed by atoms with Crippen molar-refractivity contribution in [2.45, 2.75) is 13.8 Å². The van der Waals surface area contributed by atoms with Gasteiger partial charge >= 0.3 is 0 Å². The first kappa shape index (κ1) is 9.26. The Balaban J connectivity index is 3.33. The van der Waals surface area contributed by atoms with E-state index < -0.39 is 0 Å². The fourth-order valence-electron chi connectivity index (χ4n) is 1.00. The zero-order valence-electron chi connectivity index (χ0n) is 7.02. The van der Waals surface area contributed by atoms with Crippen molar-refractivity contribution >= 4 is 27.4 Å². The number of aryl methyl sites for hydroxylation is 1. The SMILES string of the molecule is CC(=O)c1cc(C)c(Br)cc1N. The number of anilines is 1. The van der Waals surface area contributed by atoms with Crippen LogP contribution in [-0.4, -0.2) is 5.78 Å². The van der Waals surface area contributed by atoms with Gasteiger partial charge in [0, 0.05) is 15.7 Å². The summed E-state index contributed by atoms with van der Waals surface area (Å²) >= 11 is 3.34. The summed E-state index contributed by atoms with van der Waals surface area (Å²) in [4.78, 5) is 11.0. The zero-order chi connectivity index (χ0) is 9.30. The molecule has 0 aromatic heterocycles. The van der Waals surface area contributed by atoms with Crippen LogP contribution in [0.5, 0.6) is 0 Å². The molecule has 0 spiro atoms. The average Bonchev–Trinajstić information content (AvgIpc) is 1.96. The van der Waals surface area contributed by atoms with E-state index in [1.165, 1.54) is 6.92 Å². The number of hydrogen-bond acceptors (Lipinski definition) is 2. The molecule has 0 amide bonds. The fraction of sp³-hybridized carbons (Fsp3) is 0.222. The van der Waals surface area contributed by atoms with Gasteiger partial charge in [-0.25, -0.2) is 0 Å². The second kappa shape index (κ2) is 3.27. The minimum atomic E-state index is 0.00287. The summed E-state index contributed by atoms with van der Waals surface area (Å²) in [5.41, 5.74) is 7.78. The molecule has 0 aliphatic heterocycles. The van der Waals surface area contributed by atoms with Crippen molar-refractivity contribution in [3.05, 3.63) is 27.7 Å². The molecule has 12 heavy (non-hydrogen) atoms. The van der Waals surface area contributed by atoms with E-state index in [0.29, 0.717) is 11.3 Å². The molecule has 3 heteroatoms. The lowest BCUT2D eigenvalue weighted by Crippen LogP contribution is -2.00. The molecular weight excluding hydrogens is 218 g/mol. The number of carbonyl (C=O) groups is 1. The summed E-state index contributed by atoms with van der Waals surface area (Å²) in [5, 5.41) is 0. The molecule has 0 saturated carbocycles. The quantitative estimate of drug-likeness (QED) is 0.592. The van der Waals surface area contributed by atoms with Gasteiger partial charge in [0.2, 0.25) is 0 Å². The lowest BCUT2D eigenvalue weighted by atomic mass is 10.1. The number of nitrogens with two attached hydrogens (primary N) is 1. The molecule has 0 bridgehead atoms. The molecule has 0 saturated heterocycles.